The maximum absolute atomic E-state index is 13.4. The van der Waals surface area contributed by atoms with E-state index in [9.17, 15) is 18.0 Å². The lowest BCUT2D eigenvalue weighted by atomic mass is 10.0. The predicted octanol–water partition coefficient (Wildman–Crippen LogP) is 5.34. The van der Waals surface area contributed by atoms with Crippen LogP contribution < -0.4 is 4.90 Å². The molecule has 5 nitrogen and oxygen atoms in total. The molecule has 0 bridgehead atoms. The maximum Gasteiger partial charge on any atom is 0.417 e. The first-order chi connectivity index (χ1) is 15.6. The van der Waals surface area contributed by atoms with Gasteiger partial charge in [-0.2, -0.15) is 18.4 Å². The third-order valence-electron chi connectivity index (χ3n) is 6.57. The van der Waals surface area contributed by atoms with E-state index in [1.807, 2.05) is 0 Å². The van der Waals surface area contributed by atoms with Crippen molar-refractivity contribution in [2.45, 2.75) is 70.5 Å². The molecule has 1 amide bonds. The Hall–Kier alpha value is -2.18. The molecule has 0 spiro atoms. The van der Waals surface area contributed by atoms with Crippen molar-refractivity contribution < 1.29 is 18.0 Å². The van der Waals surface area contributed by atoms with E-state index in [0.29, 0.717) is 6.54 Å². The van der Waals surface area contributed by atoms with Crippen LogP contribution in [0.4, 0.5) is 18.9 Å². The smallest absolute Gasteiger partial charge is 0.334 e. The number of benzene rings is 1. The number of alkyl halides is 3. The van der Waals surface area contributed by atoms with Crippen molar-refractivity contribution in [1.82, 2.24) is 9.80 Å². The number of rotatable bonds is 9. The zero-order valence-electron chi connectivity index (χ0n) is 19.2. The summed E-state index contributed by atoms with van der Waals surface area (Å²) in [5, 5.41) is 9.24. The van der Waals surface area contributed by atoms with Crippen molar-refractivity contribution in [3.8, 4) is 6.07 Å². The Morgan fingerprint density at radius 1 is 1.06 bits per heavy atom. The first kappa shape index (κ1) is 25.4. The molecule has 0 atom stereocenters. The van der Waals surface area contributed by atoms with Gasteiger partial charge >= 0.3 is 6.18 Å². The minimum absolute atomic E-state index is 0.0359. The lowest BCUT2D eigenvalue weighted by molar-refractivity contribution is -0.137. The fraction of sp³-hybridized carbons (Fsp3) is 0.625. The summed E-state index contributed by atoms with van der Waals surface area (Å²) < 4.78 is 40.2. The van der Waals surface area contributed by atoms with E-state index in [0.717, 1.165) is 37.9 Å². The Morgan fingerprint density at radius 2 is 1.67 bits per heavy atom. The van der Waals surface area contributed by atoms with Crippen molar-refractivity contribution in [3.63, 3.8) is 0 Å². The molecule has 9 heteroatoms. The molecule has 2 aliphatic rings. The molecule has 2 aliphatic heterocycles. The number of thiocarbonyl (C=S) groups is 1. The third kappa shape index (κ3) is 5.67. The van der Waals surface area contributed by atoms with E-state index in [2.05, 4.69) is 4.90 Å². The molecule has 33 heavy (non-hydrogen) atoms. The molecule has 1 aromatic rings. The van der Waals surface area contributed by atoms with Gasteiger partial charge in [-0.15, -0.1) is 0 Å². The fourth-order valence-electron chi connectivity index (χ4n) is 4.58. The molecule has 0 N–H and O–H groups in total. The van der Waals surface area contributed by atoms with Crippen LogP contribution in [0.15, 0.2) is 18.2 Å². The minimum Gasteiger partial charge on any atom is -0.334 e. The lowest BCUT2D eigenvalue weighted by Crippen LogP contribution is -2.44. The summed E-state index contributed by atoms with van der Waals surface area (Å²) in [4.78, 5) is 18.6. The number of carbonyl (C=O) groups excluding carboxylic acids is 1. The average molecular weight is 481 g/mol. The third-order valence-corrected chi connectivity index (χ3v) is 6.97. The Labute approximate surface area is 199 Å². The second-order valence-electron chi connectivity index (χ2n) is 9.29. The van der Waals surface area contributed by atoms with E-state index in [-0.39, 0.29) is 16.7 Å². The molecule has 0 aliphatic carbocycles. The van der Waals surface area contributed by atoms with Crippen molar-refractivity contribution in [3.05, 3.63) is 29.3 Å². The Bertz CT molecular complexity index is 919. The van der Waals surface area contributed by atoms with Crippen LogP contribution in [-0.4, -0.2) is 52.5 Å². The zero-order valence-corrected chi connectivity index (χ0v) is 20.1. The molecule has 2 saturated heterocycles. The Balaban J connectivity index is 1.60. The Kier molecular flexibility index (Phi) is 8.01. The molecular weight excluding hydrogens is 449 g/mol. The summed E-state index contributed by atoms with van der Waals surface area (Å²) in [6.07, 6.45) is 3.25. The molecule has 0 aromatic heterocycles. The van der Waals surface area contributed by atoms with Crippen molar-refractivity contribution in [2.75, 3.05) is 31.1 Å². The number of carbonyl (C=O) groups is 1. The van der Waals surface area contributed by atoms with Gasteiger partial charge in [-0.1, -0.05) is 19.3 Å². The van der Waals surface area contributed by atoms with Crippen LogP contribution in [0, 0.1) is 11.3 Å². The van der Waals surface area contributed by atoms with E-state index >= 15 is 0 Å². The molecule has 180 valence electrons. The van der Waals surface area contributed by atoms with Crippen molar-refractivity contribution >= 4 is 28.9 Å². The van der Waals surface area contributed by atoms with Gasteiger partial charge in [-0.3, -0.25) is 9.69 Å². The van der Waals surface area contributed by atoms with Gasteiger partial charge in [0.15, 0.2) is 5.11 Å². The van der Waals surface area contributed by atoms with Gasteiger partial charge in [0.05, 0.1) is 22.9 Å². The second-order valence-corrected chi connectivity index (χ2v) is 9.65. The molecular formula is C24H31F3N4OS. The largest absolute Gasteiger partial charge is 0.417 e. The first-order valence-corrected chi connectivity index (χ1v) is 12.0. The highest BCUT2D eigenvalue weighted by atomic mass is 32.1. The SMILES string of the molecule is CC1(C)C(=O)N(c2ccc(C#N)c(C(F)(F)F)c2)C(=S)N1CCCCCCCN1CCCC1. The number of nitrogens with zero attached hydrogens (tertiary/aromatic N) is 4. The van der Waals surface area contributed by atoms with Crippen LogP contribution in [0.5, 0.6) is 0 Å². The van der Waals surface area contributed by atoms with E-state index in [1.54, 1.807) is 24.8 Å². The molecule has 2 heterocycles. The standard InChI is InChI=1S/C24H31F3N4OS/c1-23(2)21(32)31(19-11-10-18(17-28)20(16-19)24(25,26)27)22(33)30(23)15-7-5-3-4-6-12-29-13-8-9-14-29/h10-11,16H,3-9,12-15H2,1-2H3. The van der Waals surface area contributed by atoms with Crippen LogP contribution in [0.1, 0.15) is 69.9 Å². The summed E-state index contributed by atoms with van der Waals surface area (Å²) in [6.45, 7) is 7.66. The number of anilines is 1. The van der Waals surface area contributed by atoms with Gasteiger partial charge in [0.25, 0.3) is 5.91 Å². The summed E-state index contributed by atoms with van der Waals surface area (Å²) in [6, 6.07) is 4.83. The van der Waals surface area contributed by atoms with Crippen LogP contribution in [-0.2, 0) is 11.0 Å². The van der Waals surface area contributed by atoms with Gasteiger partial charge in [0.1, 0.15) is 5.54 Å². The van der Waals surface area contributed by atoms with Crippen LogP contribution in [0.25, 0.3) is 0 Å². The summed E-state index contributed by atoms with van der Waals surface area (Å²) in [5.74, 6) is -0.365. The van der Waals surface area contributed by atoms with Gasteiger partial charge in [0.2, 0.25) is 0 Å². The monoisotopic (exact) mass is 480 g/mol. The van der Waals surface area contributed by atoms with E-state index in [4.69, 9.17) is 17.5 Å². The van der Waals surface area contributed by atoms with Gasteiger partial charge in [-0.25, -0.2) is 0 Å². The van der Waals surface area contributed by atoms with Gasteiger partial charge in [-0.05, 0) is 89.6 Å². The number of hydrogen-bond donors (Lipinski definition) is 0. The number of nitriles is 1. The summed E-state index contributed by atoms with van der Waals surface area (Å²) >= 11 is 5.53. The van der Waals surface area contributed by atoms with Crippen LogP contribution in [0.3, 0.4) is 0 Å². The molecule has 0 unspecified atom stereocenters. The number of unbranched alkanes of at least 4 members (excludes halogenated alkanes) is 4. The fourth-order valence-corrected chi connectivity index (χ4v) is 5.09. The first-order valence-electron chi connectivity index (χ1n) is 11.6. The highest BCUT2D eigenvalue weighted by molar-refractivity contribution is 7.80. The minimum atomic E-state index is -4.70. The van der Waals surface area contributed by atoms with E-state index < -0.39 is 22.8 Å². The number of hydrogen-bond acceptors (Lipinski definition) is 4. The molecule has 0 saturated carbocycles. The summed E-state index contributed by atoms with van der Waals surface area (Å²) in [5.41, 5.74) is -2.46. The highest BCUT2D eigenvalue weighted by Crippen LogP contribution is 2.38. The zero-order chi connectivity index (χ0) is 24.2. The molecule has 1 aromatic carbocycles. The molecule has 0 radical (unpaired) electrons. The predicted molar refractivity (Wildman–Crippen MR) is 126 cm³/mol. The quantitative estimate of drug-likeness (QED) is 0.353. The van der Waals surface area contributed by atoms with Crippen molar-refractivity contribution in [1.29, 1.82) is 5.26 Å². The van der Waals surface area contributed by atoms with Crippen molar-refractivity contribution in [2.24, 2.45) is 0 Å². The number of likely N-dealkylation sites (tertiary alicyclic amines) is 1. The van der Waals surface area contributed by atoms with Gasteiger partial charge in [0, 0.05) is 6.54 Å². The second kappa shape index (κ2) is 10.4. The average Bonchev–Trinajstić information content (AvgIpc) is 3.33. The summed E-state index contributed by atoms with van der Waals surface area (Å²) in [7, 11) is 0. The van der Waals surface area contributed by atoms with E-state index in [1.165, 1.54) is 49.7 Å². The van der Waals surface area contributed by atoms with Gasteiger partial charge < -0.3 is 9.80 Å². The number of amides is 1. The van der Waals surface area contributed by atoms with Crippen LogP contribution in [0.2, 0.25) is 0 Å². The lowest BCUT2D eigenvalue weighted by Gasteiger charge is -2.29. The molecule has 3 rings (SSSR count). The Morgan fingerprint density at radius 3 is 2.27 bits per heavy atom. The highest BCUT2D eigenvalue weighted by Gasteiger charge is 2.49. The number of halogens is 3. The molecule has 2 fully saturated rings. The normalized spacial score (nSPS) is 18.9. The van der Waals surface area contributed by atoms with Crippen LogP contribution >= 0.6 is 12.2 Å². The maximum atomic E-state index is 13.4. The topological polar surface area (TPSA) is 50.6 Å².